The summed E-state index contributed by atoms with van der Waals surface area (Å²) in [5.74, 6) is 0.450. The van der Waals surface area contributed by atoms with Gasteiger partial charge in [-0.2, -0.15) is 0 Å². The molecule has 1 aromatic heterocycles. The van der Waals surface area contributed by atoms with Gasteiger partial charge in [0.15, 0.2) is 0 Å². The predicted molar refractivity (Wildman–Crippen MR) is 117 cm³/mol. The highest BCUT2D eigenvalue weighted by molar-refractivity contribution is 5.92. The number of carbonyl (C=O) groups is 1. The summed E-state index contributed by atoms with van der Waals surface area (Å²) in [6, 6.07) is 12.4. The highest BCUT2D eigenvalue weighted by Crippen LogP contribution is 2.19. The van der Waals surface area contributed by atoms with Crippen molar-refractivity contribution in [2.24, 2.45) is 5.92 Å². The highest BCUT2D eigenvalue weighted by atomic mass is 16.3. The van der Waals surface area contributed by atoms with Crippen LogP contribution in [0.5, 0.6) is 0 Å². The lowest BCUT2D eigenvalue weighted by molar-refractivity contribution is 0.0838. The molecule has 1 saturated heterocycles. The quantitative estimate of drug-likeness (QED) is 0.651. The van der Waals surface area contributed by atoms with Crippen molar-refractivity contribution in [3.63, 3.8) is 0 Å². The number of rotatable bonds is 7. The van der Waals surface area contributed by atoms with Crippen LogP contribution in [0, 0.1) is 5.92 Å². The zero-order valence-corrected chi connectivity index (χ0v) is 17.5. The van der Waals surface area contributed by atoms with Crippen LogP contribution >= 0.6 is 0 Å². The minimum absolute atomic E-state index is 0.217. The standard InChI is InChI=1S/C24H32N4O2/c29-22(17-28-12-8-20-3-1-2-4-21(20)16-28)15-27-24(30)23-14-19(7-11-26-23)13-18-5-9-25-10-6-18/h1-4,7,11,14,18,22,25,29H,5-6,8-10,12-13,15-17H2,(H,27,30)/t22-/m0/s1. The molecular weight excluding hydrogens is 376 g/mol. The van der Waals surface area contributed by atoms with E-state index in [2.05, 4.69) is 44.8 Å². The van der Waals surface area contributed by atoms with E-state index in [1.807, 2.05) is 12.1 Å². The molecule has 0 radical (unpaired) electrons. The van der Waals surface area contributed by atoms with Crippen LogP contribution in [0.4, 0.5) is 0 Å². The number of aliphatic hydroxyl groups is 1. The molecule has 160 valence electrons. The number of hydrogen-bond donors (Lipinski definition) is 3. The SMILES string of the molecule is O=C(NC[C@H](O)CN1CCc2ccccc2C1)c1cc(CC2CCNCC2)ccn1. The van der Waals surface area contributed by atoms with Crippen LogP contribution in [0.3, 0.4) is 0 Å². The molecular formula is C24H32N4O2. The minimum Gasteiger partial charge on any atom is -0.390 e. The second-order valence-corrected chi connectivity index (χ2v) is 8.56. The third-order valence-corrected chi connectivity index (χ3v) is 6.22. The van der Waals surface area contributed by atoms with E-state index in [1.54, 1.807) is 6.20 Å². The molecule has 2 aliphatic rings. The summed E-state index contributed by atoms with van der Waals surface area (Å²) in [6.45, 7) is 4.71. The van der Waals surface area contributed by atoms with Gasteiger partial charge in [0.25, 0.3) is 5.91 Å². The number of hydrogen-bond acceptors (Lipinski definition) is 5. The molecule has 1 amide bonds. The molecule has 4 rings (SSSR count). The minimum atomic E-state index is -0.600. The lowest BCUT2D eigenvalue weighted by Gasteiger charge is -2.30. The average Bonchev–Trinajstić information content (AvgIpc) is 2.78. The number of piperidine rings is 1. The first-order chi connectivity index (χ1) is 14.7. The zero-order chi connectivity index (χ0) is 20.8. The monoisotopic (exact) mass is 408 g/mol. The van der Waals surface area contributed by atoms with Crippen molar-refractivity contribution in [1.82, 2.24) is 20.5 Å². The summed E-state index contributed by atoms with van der Waals surface area (Å²) in [5, 5.41) is 16.7. The van der Waals surface area contributed by atoms with E-state index < -0.39 is 6.10 Å². The van der Waals surface area contributed by atoms with Crippen molar-refractivity contribution in [3.05, 3.63) is 65.0 Å². The van der Waals surface area contributed by atoms with Gasteiger partial charge in [0.2, 0.25) is 0 Å². The Bertz CT molecular complexity index is 851. The summed E-state index contributed by atoms with van der Waals surface area (Å²) in [7, 11) is 0. The Kier molecular flexibility index (Phi) is 7.10. The van der Waals surface area contributed by atoms with Gasteiger partial charge in [-0.3, -0.25) is 14.7 Å². The van der Waals surface area contributed by atoms with E-state index in [0.717, 1.165) is 44.6 Å². The van der Waals surface area contributed by atoms with Gasteiger partial charge in [0.05, 0.1) is 6.10 Å². The van der Waals surface area contributed by atoms with Crippen LogP contribution in [0.25, 0.3) is 0 Å². The summed E-state index contributed by atoms with van der Waals surface area (Å²) in [4.78, 5) is 19.0. The van der Waals surface area contributed by atoms with Crippen molar-refractivity contribution in [2.75, 3.05) is 32.7 Å². The van der Waals surface area contributed by atoms with E-state index in [9.17, 15) is 9.90 Å². The lowest BCUT2D eigenvalue weighted by Crippen LogP contribution is -2.42. The molecule has 6 heteroatoms. The average molecular weight is 409 g/mol. The second-order valence-electron chi connectivity index (χ2n) is 8.56. The van der Waals surface area contributed by atoms with Gasteiger partial charge >= 0.3 is 0 Å². The Morgan fingerprint density at radius 1 is 1.23 bits per heavy atom. The summed E-state index contributed by atoms with van der Waals surface area (Å²) in [6.07, 6.45) is 5.46. The molecule has 1 aromatic carbocycles. The number of aromatic nitrogens is 1. The summed E-state index contributed by atoms with van der Waals surface area (Å²) in [5.41, 5.74) is 4.32. The summed E-state index contributed by atoms with van der Waals surface area (Å²) >= 11 is 0. The molecule has 0 aliphatic carbocycles. The van der Waals surface area contributed by atoms with Gasteiger partial charge in [-0.05, 0) is 73.5 Å². The third kappa shape index (κ3) is 5.65. The molecule has 1 atom stereocenters. The Morgan fingerprint density at radius 2 is 2.03 bits per heavy atom. The Hall–Kier alpha value is -2.28. The number of carbonyl (C=O) groups excluding carboxylic acids is 1. The van der Waals surface area contributed by atoms with Crippen LogP contribution in [-0.4, -0.2) is 59.7 Å². The molecule has 2 aromatic rings. The van der Waals surface area contributed by atoms with E-state index in [4.69, 9.17) is 0 Å². The Labute approximate surface area is 178 Å². The molecule has 3 N–H and O–H groups in total. The molecule has 6 nitrogen and oxygen atoms in total. The van der Waals surface area contributed by atoms with Crippen LogP contribution in [0.1, 0.15) is 40.0 Å². The Balaban J connectivity index is 1.24. The molecule has 0 saturated carbocycles. The van der Waals surface area contributed by atoms with Gasteiger partial charge in [0.1, 0.15) is 5.69 Å². The molecule has 0 unspecified atom stereocenters. The number of nitrogens with one attached hydrogen (secondary N) is 2. The van der Waals surface area contributed by atoms with E-state index >= 15 is 0 Å². The van der Waals surface area contributed by atoms with Gasteiger partial charge in [-0.25, -0.2) is 0 Å². The number of amides is 1. The second kappa shape index (κ2) is 10.2. The van der Waals surface area contributed by atoms with E-state index in [-0.39, 0.29) is 12.5 Å². The molecule has 1 fully saturated rings. The number of aliphatic hydroxyl groups excluding tert-OH is 1. The van der Waals surface area contributed by atoms with Crippen molar-refractivity contribution in [2.45, 2.75) is 38.3 Å². The van der Waals surface area contributed by atoms with E-state index in [0.29, 0.717) is 18.2 Å². The van der Waals surface area contributed by atoms with Crippen LogP contribution < -0.4 is 10.6 Å². The molecule has 3 heterocycles. The van der Waals surface area contributed by atoms with Crippen molar-refractivity contribution < 1.29 is 9.90 Å². The van der Waals surface area contributed by atoms with E-state index in [1.165, 1.54) is 24.0 Å². The van der Waals surface area contributed by atoms with Crippen molar-refractivity contribution >= 4 is 5.91 Å². The normalized spacial score (nSPS) is 18.6. The largest absolute Gasteiger partial charge is 0.390 e. The fourth-order valence-electron chi connectivity index (χ4n) is 4.52. The van der Waals surface area contributed by atoms with Crippen LogP contribution in [-0.2, 0) is 19.4 Å². The summed E-state index contributed by atoms with van der Waals surface area (Å²) < 4.78 is 0. The number of pyridine rings is 1. The Morgan fingerprint density at radius 3 is 2.87 bits per heavy atom. The van der Waals surface area contributed by atoms with Gasteiger partial charge < -0.3 is 15.7 Å². The molecule has 0 spiro atoms. The van der Waals surface area contributed by atoms with Gasteiger partial charge in [-0.1, -0.05) is 24.3 Å². The van der Waals surface area contributed by atoms with Gasteiger partial charge in [0, 0.05) is 32.4 Å². The maximum atomic E-state index is 12.5. The number of benzene rings is 1. The lowest BCUT2D eigenvalue weighted by atomic mass is 9.91. The molecule has 0 bridgehead atoms. The topological polar surface area (TPSA) is 77.5 Å². The molecule has 30 heavy (non-hydrogen) atoms. The highest BCUT2D eigenvalue weighted by Gasteiger charge is 2.19. The smallest absolute Gasteiger partial charge is 0.269 e. The zero-order valence-electron chi connectivity index (χ0n) is 17.5. The first kappa shape index (κ1) is 21.0. The van der Waals surface area contributed by atoms with Crippen molar-refractivity contribution in [1.29, 1.82) is 0 Å². The van der Waals surface area contributed by atoms with Gasteiger partial charge in [-0.15, -0.1) is 0 Å². The van der Waals surface area contributed by atoms with Crippen LogP contribution in [0.2, 0.25) is 0 Å². The fourth-order valence-corrected chi connectivity index (χ4v) is 4.52. The fraction of sp³-hybridized carbons (Fsp3) is 0.500. The first-order valence-corrected chi connectivity index (χ1v) is 11.1. The maximum Gasteiger partial charge on any atom is 0.269 e. The van der Waals surface area contributed by atoms with Crippen molar-refractivity contribution in [3.8, 4) is 0 Å². The first-order valence-electron chi connectivity index (χ1n) is 11.1. The predicted octanol–water partition coefficient (Wildman–Crippen LogP) is 1.77. The third-order valence-electron chi connectivity index (χ3n) is 6.22. The number of β-amino-alcohol motifs (C(OH)–C–C–N with tert-alkyl or cyclic N) is 1. The van der Waals surface area contributed by atoms with Crippen LogP contribution in [0.15, 0.2) is 42.6 Å². The number of nitrogens with zero attached hydrogens (tertiary/aromatic N) is 2. The number of fused-ring (bicyclic) bond motifs is 1. The molecule has 2 aliphatic heterocycles. The maximum absolute atomic E-state index is 12.5.